The van der Waals surface area contributed by atoms with Crippen LogP contribution in [-0.2, 0) is 10.0 Å². The zero-order valence-corrected chi connectivity index (χ0v) is 13.0. The van der Waals surface area contributed by atoms with Crippen molar-refractivity contribution in [2.45, 2.75) is 4.90 Å². The number of thiophene rings is 1. The quantitative estimate of drug-likeness (QED) is 0.728. The lowest BCUT2D eigenvalue weighted by Crippen LogP contribution is -2.26. The van der Waals surface area contributed by atoms with E-state index >= 15 is 0 Å². The minimum absolute atomic E-state index is 0.0574. The Bertz CT molecular complexity index is 795. The molecule has 0 bridgehead atoms. The number of rotatable bonds is 0. The zero-order chi connectivity index (χ0) is 13.8. The van der Waals surface area contributed by atoms with Crippen LogP contribution in [0.3, 0.4) is 0 Å². The molecule has 1 aromatic heterocycles. The number of halogens is 1. The standard InChI is InChI=1S/C12H8BrNO3S2/c1-14-8-6-10(13)18-12(8)11(15)7-4-2-3-5-9(7)19(14,16)17/h2-6H,1H3. The molecule has 0 saturated heterocycles. The van der Waals surface area contributed by atoms with Crippen LogP contribution < -0.4 is 4.31 Å². The summed E-state index contributed by atoms with van der Waals surface area (Å²) in [5.74, 6) is -0.255. The van der Waals surface area contributed by atoms with E-state index in [1.807, 2.05) is 0 Å². The van der Waals surface area contributed by atoms with E-state index in [4.69, 9.17) is 0 Å². The van der Waals surface area contributed by atoms with Crippen LogP contribution >= 0.6 is 27.3 Å². The fourth-order valence-corrected chi connectivity index (χ4v) is 5.04. The molecule has 2 aromatic rings. The maximum Gasteiger partial charge on any atom is 0.264 e. The van der Waals surface area contributed by atoms with Gasteiger partial charge in [0.25, 0.3) is 10.0 Å². The van der Waals surface area contributed by atoms with E-state index in [2.05, 4.69) is 15.9 Å². The number of hydrogen-bond donors (Lipinski definition) is 0. The van der Waals surface area contributed by atoms with Crippen molar-refractivity contribution < 1.29 is 13.2 Å². The smallest absolute Gasteiger partial charge is 0.264 e. The van der Waals surface area contributed by atoms with Gasteiger partial charge < -0.3 is 0 Å². The third-order valence-electron chi connectivity index (χ3n) is 3.00. The van der Waals surface area contributed by atoms with Crippen LogP contribution in [0, 0.1) is 0 Å². The van der Waals surface area contributed by atoms with Crippen LogP contribution in [0.1, 0.15) is 15.2 Å². The molecule has 0 amide bonds. The first kappa shape index (κ1) is 12.8. The molecule has 98 valence electrons. The number of nitrogens with zero attached hydrogens (tertiary/aromatic N) is 1. The predicted octanol–water partition coefficient (Wildman–Crippen LogP) is 2.88. The summed E-state index contributed by atoms with van der Waals surface area (Å²) in [4.78, 5) is 13.0. The molecule has 0 radical (unpaired) electrons. The highest BCUT2D eigenvalue weighted by atomic mass is 79.9. The highest BCUT2D eigenvalue weighted by Gasteiger charge is 2.35. The molecule has 19 heavy (non-hydrogen) atoms. The Labute approximate surface area is 122 Å². The average Bonchev–Trinajstić information content (AvgIpc) is 2.76. The number of anilines is 1. The fourth-order valence-electron chi connectivity index (χ4n) is 2.03. The van der Waals surface area contributed by atoms with Gasteiger partial charge in [0.15, 0.2) is 0 Å². The highest BCUT2D eigenvalue weighted by Crippen LogP contribution is 2.40. The van der Waals surface area contributed by atoms with Gasteiger partial charge in [0, 0.05) is 12.6 Å². The minimum atomic E-state index is -3.69. The Balaban J connectivity index is 2.43. The number of sulfonamides is 1. The minimum Gasteiger partial charge on any atom is -0.288 e. The Morgan fingerprint density at radius 1 is 1.26 bits per heavy atom. The maximum atomic E-state index is 12.5. The molecule has 4 nitrogen and oxygen atoms in total. The van der Waals surface area contributed by atoms with Gasteiger partial charge in [-0.05, 0) is 34.1 Å². The van der Waals surface area contributed by atoms with E-state index < -0.39 is 10.0 Å². The number of carbonyl (C=O) groups excluding carboxylic acids is 1. The Kier molecular flexibility index (Phi) is 2.81. The first-order chi connectivity index (χ1) is 8.93. The number of benzene rings is 1. The summed E-state index contributed by atoms with van der Waals surface area (Å²) in [6.45, 7) is 0. The Morgan fingerprint density at radius 2 is 1.95 bits per heavy atom. The first-order valence-electron chi connectivity index (χ1n) is 5.35. The van der Waals surface area contributed by atoms with Gasteiger partial charge >= 0.3 is 0 Å². The molecule has 0 aliphatic carbocycles. The van der Waals surface area contributed by atoms with Crippen LogP contribution in [0.2, 0.25) is 0 Å². The molecule has 7 heteroatoms. The molecular formula is C12H8BrNO3S2. The van der Waals surface area contributed by atoms with Gasteiger partial charge in [-0.25, -0.2) is 8.42 Å². The van der Waals surface area contributed by atoms with E-state index in [1.165, 1.54) is 24.5 Å². The molecule has 0 fully saturated rings. The van der Waals surface area contributed by atoms with Crippen molar-refractivity contribution >= 4 is 48.8 Å². The van der Waals surface area contributed by atoms with Crippen molar-refractivity contribution in [1.29, 1.82) is 0 Å². The van der Waals surface area contributed by atoms with Crippen molar-refractivity contribution in [2.24, 2.45) is 0 Å². The van der Waals surface area contributed by atoms with Crippen LogP contribution in [-0.4, -0.2) is 21.2 Å². The molecule has 0 atom stereocenters. The molecule has 0 spiro atoms. The summed E-state index contributed by atoms with van der Waals surface area (Å²) in [6.07, 6.45) is 0. The van der Waals surface area contributed by atoms with Gasteiger partial charge in [-0.3, -0.25) is 9.10 Å². The SMILES string of the molecule is CN1c2cc(Br)sc2C(=O)c2ccccc2S1(=O)=O. The van der Waals surface area contributed by atoms with Crippen LogP contribution in [0.5, 0.6) is 0 Å². The second-order valence-corrected chi connectivity index (χ2v) is 8.43. The van der Waals surface area contributed by atoms with Gasteiger partial charge in [0.2, 0.25) is 5.78 Å². The van der Waals surface area contributed by atoms with Gasteiger partial charge in [0.1, 0.15) is 4.88 Å². The summed E-state index contributed by atoms with van der Waals surface area (Å²) in [7, 11) is -2.23. The summed E-state index contributed by atoms with van der Waals surface area (Å²) in [6, 6.07) is 7.95. The molecule has 0 unspecified atom stereocenters. The summed E-state index contributed by atoms with van der Waals surface area (Å²) >= 11 is 4.54. The molecule has 2 heterocycles. The number of hydrogen-bond acceptors (Lipinski definition) is 4. The molecular weight excluding hydrogens is 350 g/mol. The summed E-state index contributed by atoms with van der Waals surface area (Å²) < 4.78 is 26.9. The third kappa shape index (κ3) is 1.76. The van der Waals surface area contributed by atoms with Crippen LogP contribution in [0.15, 0.2) is 39.0 Å². The van der Waals surface area contributed by atoms with E-state index in [1.54, 1.807) is 24.3 Å². The highest BCUT2D eigenvalue weighted by molar-refractivity contribution is 9.11. The number of fused-ring (bicyclic) bond motifs is 2. The lowest BCUT2D eigenvalue weighted by molar-refractivity contribution is 0.104. The summed E-state index contributed by atoms with van der Waals surface area (Å²) in [5.41, 5.74) is 0.639. The van der Waals surface area contributed by atoms with Crippen molar-refractivity contribution in [3.8, 4) is 0 Å². The van der Waals surface area contributed by atoms with Crippen molar-refractivity contribution in [2.75, 3.05) is 11.4 Å². The number of carbonyl (C=O) groups is 1. The second kappa shape index (κ2) is 4.16. The van der Waals surface area contributed by atoms with Crippen molar-refractivity contribution in [3.63, 3.8) is 0 Å². The monoisotopic (exact) mass is 357 g/mol. The van der Waals surface area contributed by atoms with E-state index in [9.17, 15) is 13.2 Å². The molecule has 3 rings (SSSR count). The largest absolute Gasteiger partial charge is 0.288 e. The van der Waals surface area contributed by atoms with Crippen LogP contribution in [0.25, 0.3) is 0 Å². The molecule has 1 aliphatic rings. The first-order valence-corrected chi connectivity index (χ1v) is 8.40. The Morgan fingerprint density at radius 3 is 2.68 bits per heavy atom. The third-order valence-corrected chi connectivity index (χ3v) is 6.45. The zero-order valence-electron chi connectivity index (χ0n) is 9.75. The average molecular weight is 358 g/mol. The molecule has 0 N–H and O–H groups in total. The fraction of sp³-hybridized carbons (Fsp3) is 0.0833. The number of ketones is 1. The van der Waals surface area contributed by atoms with Crippen LogP contribution in [0.4, 0.5) is 5.69 Å². The van der Waals surface area contributed by atoms with Crippen molar-refractivity contribution in [1.82, 2.24) is 0 Å². The Hall–Kier alpha value is -1.18. The predicted molar refractivity (Wildman–Crippen MR) is 77.5 cm³/mol. The topological polar surface area (TPSA) is 54.5 Å². The maximum absolute atomic E-state index is 12.5. The van der Waals surface area contributed by atoms with Gasteiger partial charge in [-0.15, -0.1) is 11.3 Å². The van der Waals surface area contributed by atoms with E-state index in [0.29, 0.717) is 10.6 Å². The molecule has 1 aromatic carbocycles. The molecule has 1 aliphatic heterocycles. The summed E-state index contributed by atoms with van der Waals surface area (Å²) in [5, 5.41) is 0. The van der Waals surface area contributed by atoms with E-state index in [-0.39, 0.29) is 16.2 Å². The lowest BCUT2D eigenvalue weighted by atomic mass is 10.1. The lowest BCUT2D eigenvalue weighted by Gasteiger charge is -2.16. The normalized spacial score (nSPS) is 16.7. The second-order valence-electron chi connectivity index (χ2n) is 4.06. The molecule has 0 saturated carbocycles. The van der Waals surface area contributed by atoms with Gasteiger partial charge in [-0.1, -0.05) is 12.1 Å². The van der Waals surface area contributed by atoms with Gasteiger partial charge in [-0.2, -0.15) is 0 Å². The van der Waals surface area contributed by atoms with Gasteiger partial charge in [0.05, 0.1) is 14.4 Å². The van der Waals surface area contributed by atoms with E-state index in [0.717, 1.165) is 8.09 Å². The van der Waals surface area contributed by atoms with Crippen molar-refractivity contribution in [3.05, 3.63) is 44.6 Å².